The number of hydrogen-bond donors (Lipinski definition) is 1. The lowest BCUT2D eigenvalue weighted by atomic mass is 9.89. The molecular formula is C22H20N2O4S. The van der Waals surface area contributed by atoms with Gasteiger partial charge in [-0.05, 0) is 37.6 Å². The summed E-state index contributed by atoms with van der Waals surface area (Å²) >= 11 is 1.31. The highest BCUT2D eigenvalue weighted by Gasteiger charge is 2.42. The molecule has 0 aliphatic carbocycles. The van der Waals surface area contributed by atoms with Crippen LogP contribution < -0.4 is 10.1 Å². The van der Waals surface area contributed by atoms with Gasteiger partial charge in [-0.2, -0.15) is 0 Å². The van der Waals surface area contributed by atoms with Crippen molar-refractivity contribution in [2.45, 2.75) is 25.9 Å². The predicted molar refractivity (Wildman–Crippen MR) is 111 cm³/mol. The standard InChI is InChI=1S/C22H20N2O4S/c1-13-8-9-18(27-3)16(10-13)17-12-29-21(23-17)24-20(26)22(2)11-14-6-4-5-7-15(14)19(25)28-22/h4-10,12H,11H2,1-3H3,(H,23,24,26)/t22-/m0/s1. The maximum atomic E-state index is 12.9. The molecule has 4 rings (SSSR count). The number of rotatable bonds is 4. The largest absolute Gasteiger partial charge is 0.496 e. The lowest BCUT2D eigenvalue weighted by Gasteiger charge is -2.32. The molecule has 1 amide bonds. The van der Waals surface area contributed by atoms with Crippen LogP contribution in [-0.4, -0.2) is 29.6 Å². The fourth-order valence-electron chi connectivity index (χ4n) is 3.37. The van der Waals surface area contributed by atoms with Gasteiger partial charge >= 0.3 is 5.97 Å². The molecule has 0 unspecified atom stereocenters. The summed E-state index contributed by atoms with van der Waals surface area (Å²) in [7, 11) is 1.61. The molecule has 0 saturated carbocycles. The third kappa shape index (κ3) is 3.61. The van der Waals surface area contributed by atoms with Crippen molar-refractivity contribution < 1.29 is 19.1 Å². The van der Waals surface area contributed by atoms with Gasteiger partial charge in [0.2, 0.25) is 0 Å². The number of nitrogens with one attached hydrogen (secondary N) is 1. The number of nitrogens with zero attached hydrogens (tertiary/aromatic N) is 1. The second-order valence-electron chi connectivity index (χ2n) is 7.15. The first kappa shape index (κ1) is 19.1. The van der Waals surface area contributed by atoms with Crippen LogP contribution in [0.25, 0.3) is 11.3 Å². The molecule has 0 fully saturated rings. The first-order valence-electron chi connectivity index (χ1n) is 9.13. The number of benzene rings is 2. The second-order valence-corrected chi connectivity index (χ2v) is 8.01. The van der Waals surface area contributed by atoms with Gasteiger partial charge in [-0.25, -0.2) is 9.78 Å². The Hall–Kier alpha value is -3.19. The summed E-state index contributed by atoms with van der Waals surface area (Å²) < 4.78 is 10.9. The Morgan fingerprint density at radius 1 is 1.24 bits per heavy atom. The molecule has 0 spiro atoms. The molecule has 6 nitrogen and oxygen atoms in total. The van der Waals surface area contributed by atoms with E-state index >= 15 is 0 Å². The molecule has 1 N–H and O–H groups in total. The minimum atomic E-state index is -1.29. The molecule has 0 bridgehead atoms. The van der Waals surface area contributed by atoms with Crippen molar-refractivity contribution in [3.8, 4) is 17.0 Å². The Morgan fingerprint density at radius 2 is 2.03 bits per heavy atom. The maximum Gasteiger partial charge on any atom is 0.339 e. The number of anilines is 1. The Kier molecular flexibility index (Phi) is 4.84. The van der Waals surface area contributed by atoms with E-state index in [1.54, 1.807) is 26.2 Å². The molecule has 1 aliphatic rings. The van der Waals surface area contributed by atoms with E-state index in [4.69, 9.17) is 9.47 Å². The number of carbonyl (C=O) groups excluding carboxylic acids is 2. The second kappa shape index (κ2) is 7.33. The molecule has 1 aliphatic heterocycles. The van der Waals surface area contributed by atoms with Crippen molar-refractivity contribution in [3.05, 3.63) is 64.5 Å². The average molecular weight is 408 g/mol. The fourth-order valence-corrected chi connectivity index (χ4v) is 4.07. The smallest absolute Gasteiger partial charge is 0.339 e. The number of aryl methyl sites for hydroxylation is 1. The van der Waals surface area contributed by atoms with Gasteiger partial charge in [0.1, 0.15) is 5.75 Å². The summed E-state index contributed by atoms with van der Waals surface area (Å²) in [5.41, 5.74) is 2.65. The van der Waals surface area contributed by atoms with Gasteiger partial charge < -0.3 is 9.47 Å². The number of carbonyl (C=O) groups is 2. The predicted octanol–water partition coefficient (Wildman–Crippen LogP) is 4.24. The van der Waals surface area contributed by atoms with Gasteiger partial charge in [-0.1, -0.05) is 29.8 Å². The topological polar surface area (TPSA) is 77.5 Å². The summed E-state index contributed by atoms with van der Waals surface area (Å²) in [6.45, 7) is 3.61. The summed E-state index contributed by atoms with van der Waals surface area (Å²) in [5.74, 6) is -0.185. The van der Waals surface area contributed by atoms with E-state index in [-0.39, 0.29) is 0 Å². The zero-order valence-corrected chi connectivity index (χ0v) is 17.1. The number of thiazole rings is 1. The molecule has 0 saturated heterocycles. The fraction of sp³-hybridized carbons (Fsp3) is 0.227. The van der Waals surface area contributed by atoms with Crippen LogP contribution in [0.2, 0.25) is 0 Å². The number of methoxy groups -OCH3 is 1. The van der Waals surface area contributed by atoms with Gasteiger partial charge in [0.25, 0.3) is 5.91 Å². The van der Waals surface area contributed by atoms with Crippen molar-refractivity contribution in [1.82, 2.24) is 4.98 Å². The Labute approximate surface area is 172 Å². The Morgan fingerprint density at radius 3 is 2.83 bits per heavy atom. The number of aromatic nitrogens is 1. The average Bonchev–Trinajstić information content (AvgIpc) is 3.16. The SMILES string of the molecule is COc1ccc(C)cc1-c1csc(NC(=O)[C@]2(C)Cc3ccccc3C(=O)O2)n1. The molecule has 1 atom stereocenters. The van der Waals surface area contributed by atoms with Crippen LogP contribution in [0.5, 0.6) is 5.75 Å². The van der Waals surface area contributed by atoms with E-state index in [2.05, 4.69) is 10.3 Å². The van der Waals surface area contributed by atoms with E-state index < -0.39 is 17.5 Å². The summed E-state index contributed by atoms with van der Waals surface area (Å²) in [4.78, 5) is 29.8. The van der Waals surface area contributed by atoms with Gasteiger partial charge in [0.15, 0.2) is 10.7 Å². The lowest BCUT2D eigenvalue weighted by molar-refractivity contribution is -0.134. The molecule has 3 aromatic rings. The molecular weight excluding hydrogens is 388 g/mol. The lowest BCUT2D eigenvalue weighted by Crippen LogP contribution is -2.48. The highest BCUT2D eigenvalue weighted by atomic mass is 32.1. The van der Waals surface area contributed by atoms with Crippen molar-refractivity contribution >= 4 is 28.3 Å². The molecule has 7 heteroatoms. The number of cyclic esters (lactones) is 1. The zero-order valence-electron chi connectivity index (χ0n) is 16.3. The van der Waals surface area contributed by atoms with Crippen molar-refractivity contribution in [2.75, 3.05) is 12.4 Å². The molecule has 0 radical (unpaired) electrons. The summed E-state index contributed by atoms with van der Waals surface area (Å²) in [5, 5.41) is 5.09. The number of hydrogen-bond acceptors (Lipinski definition) is 6. The Balaban J connectivity index is 1.56. The number of amides is 1. The molecule has 29 heavy (non-hydrogen) atoms. The van der Waals surface area contributed by atoms with Crippen molar-refractivity contribution in [1.29, 1.82) is 0 Å². The van der Waals surface area contributed by atoms with Crippen molar-refractivity contribution in [3.63, 3.8) is 0 Å². The third-order valence-corrected chi connectivity index (χ3v) is 5.68. The normalized spacial score (nSPS) is 18.0. The minimum Gasteiger partial charge on any atom is -0.496 e. The first-order chi connectivity index (χ1) is 13.9. The van der Waals surface area contributed by atoms with E-state index in [1.807, 2.05) is 42.6 Å². The summed E-state index contributed by atoms with van der Waals surface area (Å²) in [6, 6.07) is 13.0. The number of esters is 1. The molecule has 1 aromatic heterocycles. The summed E-state index contributed by atoms with van der Waals surface area (Å²) in [6.07, 6.45) is 0.310. The van der Waals surface area contributed by atoms with Gasteiger partial charge in [-0.15, -0.1) is 11.3 Å². The van der Waals surface area contributed by atoms with E-state index in [1.165, 1.54) is 11.3 Å². The molecule has 2 aromatic carbocycles. The first-order valence-corrected chi connectivity index (χ1v) is 10.0. The van der Waals surface area contributed by atoms with Gasteiger partial charge in [0, 0.05) is 17.4 Å². The minimum absolute atomic E-state index is 0.310. The quantitative estimate of drug-likeness (QED) is 0.654. The van der Waals surface area contributed by atoms with Crippen LogP contribution in [-0.2, 0) is 16.0 Å². The van der Waals surface area contributed by atoms with Gasteiger partial charge in [-0.3, -0.25) is 10.1 Å². The highest BCUT2D eigenvalue weighted by molar-refractivity contribution is 7.14. The van der Waals surface area contributed by atoms with E-state index in [9.17, 15) is 9.59 Å². The zero-order chi connectivity index (χ0) is 20.6. The van der Waals surface area contributed by atoms with Crippen LogP contribution in [0.3, 0.4) is 0 Å². The number of ether oxygens (including phenoxy) is 2. The van der Waals surface area contributed by atoms with Crippen LogP contribution in [0, 0.1) is 6.92 Å². The van der Waals surface area contributed by atoms with E-state index in [0.717, 1.165) is 16.7 Å². The maximum absolute atomic E-state index is 12.9. The van der Waals surface area contributed by atoms with Crippen LogP contribution in [0.4, 0.5) is 5.13 Å². The molecule has 2 heterocycles. The van der Waals surface area contributed by atoms with Crippen molar-refractivity contribution in [2.24, 2.45) is 0 Å². The van der Waals surface area contributed by atoms with Crippen LogP contribution in [0.1, 0.15) is 28.4 Å². The number of fused-ring (bicyclic) bond motifs is 1. The third-order valence-electron chi connectivity index (χ3n) is 4.92. The van der Waals surface area contributed by atoms with Crippen LogP contribution in [0.15, 0.2) is 47.8 Å². The van der Waals surface area contributed by atoms with Gasteiger partial charge in [0.05, 0.1) is 18.4 Å². The Bertz CT molecular complexity index is 1110. The monoisotopic (exact) mass is 408 g/mol. The van der Waals surface area contributed by atoms with E-state index in [0.29, 0.717) is 28.6 Å². The van der Waals surface area contributed by atoms with Crippen LogP contribution >= 0.6 is 11.3 Å². The highest BCUT2D eigenvalue weighted by Crippen LogP contribution is 2.34. The molecule has 148 valence electrons.